The molecule has 5 heteroatoms. The SMILES string of the molecule is Cc1c(C(F)F)[nH]c(N)cc1=O. The zero-order valence-corrected chi connectivity index (χ0v) is 6.40. The average molecular weight is 174 g/mol. The van der Waals surface area contributed by atoms with Crippen LogP contribution in [0.15, 0.2) is 10.9 Å². The molecule has 0 aliphatic rings. The maximum atomic E-state index is 12.2. The lowest BCUT2D eigenvalue weighted by atomic mass is 10.2. The van der Waals surface area contributed by atoms with Gasteiger partial charge in [0, 0.05) is 11.6 Å². The van der Waals surface area contributed by atoms with E-state index in [9.17, 15) is 13.6 Å². The number of rotatable bonds is 1. The van der Waals surface area contributed by atoms with Crippen LogP contribution in [0, 0.1) is 6.92 Å². The summed E-state index contributed by atoms with van der Waals surface area (Å²) in [6, 6.07) is 1.08. The predicted molar refractivity (Wildman–Crippen MR) is 41.2 cm³/mol. The van der Waals surface area contributed by atoms with Gasteiger partial charge in [-0.2, -0.15) is 0 Å². The Morgan fingerprint density at radius 3 is 2.67 bits per heavy atom. The summed E-state index contributed by atoms with van der Waals surface area (Å²) in [7, 11) is 0. The molecule has 3 N–H and O–H groups in total. The lowest BCUT2D eigenvalue weighted by Crippen LogP contribution is -2.12. The van der Waals surface area contributed by atoms with Crippen molar-refractivity contribution in [1.82, 2.24) is 4.98 Å². The molecular formula is C7H8F2N2O. The number of H-pyrrole nitrogens is 1. The molecule has 1 aromatic rings. The Balaban J connectivity index is 3.38. The summed E-state index contributed by atoms with van der Waals surface area (Å²) in [6.45, 7) is 1.33. The number of halogens is 2. The van der Waals surface area contributed by atoms with E-state index in [-0.39, 0.29) is 11.4 Å². The van der Waals surface area contributed by atoms with Gasteiger partial charge < -0.3 is 10.7 Å². The summed E-state index contributed by atoms with van der Waals surface area (Å²) in [5, 5.41) is 0. The van der Waals surface area contributed by atoms with E-state index in [0.717, 1.165) is 6.07 Å². The summed E-state index contributed by atoms with van der Waals surface area (Å²) >= 11 is 0. The van der Waals surface area contributed by atoms with Gasteiger partial charge in [-0.15, -0.1) is 0 Å². The van der Waals surface area contributed by atoms with Crippen molar-refractivity contribution in [3.8, 4) is 0 Å². The minimum atomic E-state index is -2.69. The van der Waals surface area contributed by atoms with E-state index in [2.05, 4.69) is 4.98 Å². The molecule has 0 fully saturated rings. The fourth-order valence-electron chi connectivity index (χ4n) is 0.886. The largest absolute Gasteiger partial charge is 0.385 e. The highest BCUT2D eigenvalue weighted by Crippen LogP contribution is 2.18. The number of nitrogens with two attached hydrogens (primary N) is 1. The van der Waals surface area contributed by atoms with Crippen LogP contribution in [0.4, 0.5) is 14.6 Å². The van der Waals surface area contributed by atoms with E-state index < -0.39 is 17.5 Å². The Kier molecular flexibility index (Phi) is 2.12. The van der Waals surface area contributed by atoms with Gasteiger partial charge >= 0.3 is 0 Å². The predicted octanol–water partition coefficient (Wildman–Crippen LogP) is 1.20. The Morgan fingerprint density at radius 1 is 1.58 bits per heavy atom. The number of nitrogens with one attached hydrogen (secondary N) is 1. The van der Waals surface area contributed by atoms with Crippen LogP contribution in [0.3, 0.4) is 0 Å². The first-order valence-electron chi connectivity index (χ1n) is 3.30. The molecule has 0 saturated carbocycles. The van der Waals surface area contributed by atoms with Gasteiger partial charge in [0.25, 0.3) is 6.43 Å². The first kappa shape index (κ1) is 8.70. The average Bonchev–Trinajstić information content (AvgIpc) is 1.96. The van der Waals surface area contributed by atoms with E-state index in [4.69, 9.17) is 5.73 Å². The normalized spacial score (nSPS) is 10.7. The lowest BCUT2D eigenvalue weighted by Gasteiger charge is -2.04. The van der Waals surface area contributed by atoms with Crippen molar-refractivity contribution in [2.75, 3.05) is 5.73 Å². The summed E-state index contributed by atoms with van der Waals surface area (Å²) < 4.78 is 24.3. The molecule has 0 amide bonds. The van der Waals surface area contributed by atoms with Crippen LogP contribution in [0.1, 0.15) is 17.7 Å². The molecular weight excluding hydrogens is 166 g/mol. The molecule has 0 unspecified atom stereocenters. The van der Waals surface area contributed by atoms with Crippen molar-refractivity contribution in [2.45, 2.75) is 13.3 Å². The van der Waals surface area contributed by atoms with Crippen LogP contribution in [-0.2, 0) is 0 Å². The van der Waals surface area contributed by atoms with E-state index in [1.165, 1.54) is 6.92 Å². The van der Waals surface area contributed by atoms with Gasteiger partial charge in [0.1, 0.15) is 5.82 Å². The minimum Gasteiger partial charge on any atom is -0.385 e. The van der Waals surface area contributed by atoms with Crippen LogP contribution >= 0.6 is 0 Å². The maximum Gasteiger partial charge on any atom is 0.278 e. The summed E-state index contributed by atoms with van der Waals surface area (Å²) in [5.74, 6) is -0.0408. The van der Waals surface area contributed by atoms with Crippen LogP contribution in [0.5, 0.6) is 0 Å². The van der Waals surface area contributed by atoms with Gasteiger partial charge in [0.05, 0.1) is 5.69 Å². The van der Waals surface area contributed by atoms with Gasteiger partial charge in [-0.1, -0.05) is 0 Å². The molecule has 0 bridgehead atoms. The topological polar surface area (TPSA) is 58.9 Å². The number of aromatic nitrogens is 1. The first-order valence-corrected chi connectivity index (χ1v) is 3.30. The second kappa shape index (κ2) is 2.92. The Morgan fingerprint density at radius 2 is 2.17 bits per heavy atom. The monoisotopic (exact) mass is 174 g/mol. The summed E-state index contributed by atoms with van der Waals surface area (Å²) in [5.41, 5.74) is 4.32. The summed E-state index contributed by atoms with van der Waals surface area (Å²) in [4.78, 5) is 13.2. The maximum absolute atomic E-state index is 12.2. The molecule has 1 aromatic heterocycles. The Bertz CT molecular complexity index is 346. The molecule has 0 radical (unpaired) electrons. The second-order valence-electron chi connectivity index (χ2n) is 2.43. The quantitative estimate of drug-likeness (QED) is 0.672. The molecule has 1 heterocycles. The van der Waals surface area contributed by atoms with Gasteiger partial charge in [-0.25, -0.2) is 8.78 Å². The zero-order chi connectivity index (χ0) is 9.30. The Hall–Kier alpha value is -1.39. The molecule has 1 rings (SSSR count). The smallest absolute Gasteiger partial charge is 0.278 e. The highest BCUT2D eigenvalue weighted by atomic mass is 19.3. The van der Waals surface area contributed by atoms with Crippen LogP contribution in [0.2, 0.25) is 0 Å². The first-order chi connectivity index (χ1) is 5.52. The van der Waals surface area contributed by atoms with E-state index >= 15 is 0 Å². The number of pyridine rings is 1. The third-order valence-electron chi connectivity index (χ3n) is 1.56. The zero-order valence-electron chi connectivity index (χ0n) is 6.40. The van der Waals surface area contributed by atoms with Crippen molar-refractivity contribution in [1.29, 1.82) is 0 Å². The third kappa shape index (κ3) is 1.44. The summed E-state index contributed by atoms with van der Waals surface area (Å²) in [6.07, 6.45) is -2.69. The lowest BCUT2D eigenvalue weighted by molar-refractivity contribution is 0.145. The van der Waals surface area contributed by atoms with E-state index in [1.807, 2.05) is 0 Å². The molecule has 0 aliphatic heterocycles. The molecule has 0 atom stereocenters. The van der Waals surface area contributed by atoms with Crippen molar-refractivity contribution in [3.05, 3.63) is 27.5 Å². The fourth-order valence-corrected chi connectivity index (χ4v) is 0.886. The van der Waals surface area contributed by atoms with Crippen molar-refractivity contribution < 1.29 is 8.78 Å². The third-order valence-corrected chi connectivity index (χ3v) is 1.56. The van der Waals surface area contributed by atoms with Crippen molar-refractivity contribution >= 4 is 5.82 Å². The number of alkyl halides is 2. The number of hydrogen-bond acceptors (Lipinski definition) is 2. The number of aromatic amines is 1. The Labute approximate surface area is 67.2 Å². The van der Waals surface area contributed by atoms with Crippen LogP contribution in [0.25, 0.3) is 0 Å². The standard InChI is InChI=1S/C7H8F2N2O/c1-3-4(12)2-5(10)11-6(3)7(8)9/h2,7H,1H3,(H3,10,11,12). The number of nitrogen functional groups attached to an aromatic ring is 1. The van der Waals surface area contributed by atoms with Gasteiger partial charge in [-0.05, 0) is 6.92 Å². The number of anilines is 1. The van der Waals surface area contributed by atoms with Crippen molar-refractivity contribution in [2.24, 2.45) is 0 Å². The van der Waals surface area contributed by atoms with Crippen LogP contribution < -0.4 is 11.2 Å². The molecule has 0 spiro atoms. The highest BCUT2D eigenvalue weighted by Gasteiger charge is 2.13. The van der Waals surface area contributed by atoms with E-state index in [1.54, 1.807) is 0 Å². The molecule has 66 valence electrons. The van der Waals surface area contributed by atoms with Crippen LogP contribution in [-0.4, -0.2) is 4.98 Å². The van der Waals surface area contributed by atoms with Gasteiger partial charge in [0.15, 0.2) is 5.43 Å². The van der Waals surface area contributed by atoms with Gasteiger partial charge in [0.2, 0.25) is 0 Å². The van der Waals surface area contributed by atoms with Crippen molar-refractivity contribution in [3.63, 3.8) is 0 Å². The second-order valence-corrected chi connectivity index (χ2v) is 2.43. The minimum absolute atomic E-state index is 0.0131. The van der Waals surface area contributed by atoms with Gasteiger partial charge in [-0.3, -0.25) is 4.79 Å². The van der Waals surface area contributed by atoms with E-state index in [0.29, 0.717) is 0 Å². The molecule has 3 nitrogen and oxygen atoms in total. The molecule has 0 saturated heterocycles. The molecule has 0 aromatic carbocycles. The number of hydrogen-bond donors (Lipinski definition) is 2. The molecule has 0 aliphatic carbocycles. The highest BCUT2D eigenvalue weighted by molar-refractivity contribution is 5.34. The fraction of sp³-hybridized carbons (Fsp3) is 0.286. The molecule has 12 heavy (non-hydrogen) atoms.